The van der Waals surface area contributed by atoms with Crippen molar-refractivity contribution in [3.8, 4) is 29.5 Å². The van der Waals surface area contributed by atoms with Gasteiger partial charge < -0.3 is 9.26 Å². The maximum Gasteiger partial charge on any atom is 0.240 e. The first-order valence-corrected chi connectivity index (χ1v) is 5.55. The molecule has 5 nitrogen and oxygen atoms in total. The first-order chi connectivity index (χ1) is 9.24. The normalized spacial score (nSPS) is 10.2. The van der Waals surface area contributed by atoms with Crippen LogP contribution in [-0.2, 0) is 6.54 Å². The molecule has 0 fully saturated rings. The van der Waals surface area contributed by atoms with E-state index >= 15 is 0 Å². The second kappa shape index (κ2) is 5.98. The van der Waals surface area contributed by atoms with Crippen LogP contribution in [-0.4, -0.2) is 23.8 Å². The second-order valence-corrected chi connectivity index (χ2v) is 3.67. The maximum atomic E-state index is 13.3. The molecule has 0 unspecified atom stereocenters. The first kappa shape index (κ1) is 13.1. The third-order valence-electron chi connectivity index (χ3n) is 2.38. The highest BCUT2D eigenvalue weighted by molar-refractivity contribution is 5.57. The van der Waals surface area contributed by atoms with Crippen molar-refractivity contribution in [3.05, 3.63) is 29.9 Å². The lowest BCUT2D eigenvalue weighted by Gasteiger charge is -2.02. The van der Waals surface area contributed by atoms with E-state index in [2.05, 4.69) is 21.4 Å². The minimum atomic E-state index is -0.439. The number of halogens is 1. The fraction of sp³-hybridized carbons (Fsp3) is 0.231. The standard InChI is InChI=1S/C13H12FN3O2/c1-3-6-15-8-12-16-13(17-19-12)9-4-5-10(14)11(7-9)18-2/h1,4-5,7,15H,6,8H2,2H3. The highest BCUT2D eigenvalue weighted by Gasteiger charge is 2.11. The van der Waals surface area contributed by atoms with Gasteiger partial charge in [0.05, 0.1) is 20.2 Å². The number of methoxy groups -OCH3 is 1. The number of hydrogen-bond donors (Lipinski definition) is 1. The fourth-order valence-electron chi connectivity index (χ4n) is 1.48. The van der Waals surface area contributed by atoms with Crippen molar-refractivity contribution < 1.29 is 13.7 Å². The largest absolute Gasteiger partial charge is 0.494 e. The van der Waals surface area contributed by atoms with Crippen molar-refractivity contribution in [2.45, 2.75) is 6.54 Å². The summed E-state index contributed by atoms with van der Waals surface area (Å²) >= 11 is 0. The molecule has 1 N–H and O–H groups in total. The molecule has 1 aromatic carbocycles. The van der Waals surface area contributed by atoms with Crippen LogP contribution in [0.5, 0.6) is 5.75 Å². The number of rotatable bonds is 5. The number of aromatic nitrogens is 2. The Bertz CT molecular complexity index is 604. The third kappa shape index (κ3) is 3.09. The number of hydrogen-bond acceptors (Lipinski definition) is 5. The molecular weight excluding hydrogens is 249 g/mol. The molecule has 0 spiro atoms. The minimum absolute atomic E-state index is 0.134. The zero-order valence-electron chi connectivity index (χ0n) is 10.3. The van der Waals surface area contributed by atoms with Crippen LogP contribution in [0.25, 0.3) is 11.4 Å². The summed E-state index contributed by atoms with van der Waals surface area (Å²) in [4.78, 5) is 4.17. The van der Waals surface area contributed by atoms with E-state index < -0.39 is 5.82 Å². The van der Waals surface area contributed by atoms with Gasteiger partial charge in [-0.2, -0.15) is 4.98 Å². The smallest absolute Gasteiger partial charge is 0.240 e. The molecule has 0 saturated carbocycles. The van der Waals surface area contributed by atoms with E-state index in [1.54, 1.807) is 6.07 Å². The number of benzene rings is 1. The molecule has 0 aliphatic heterocycles. The Balaban J connectivity index is 2.16. The van der Waals surface area contributed by atoms with Gasteiger partial charge in [0.2, 0.25) is 11.7 Å². The summed E-state index contributed by atoms with van der Waals surface area (Å²) in [7, 11) is 1.40. The molecule has 1 aromatic heterocycles. The molecule has 0 amide bonds. The van der Waals surface area contributed by atoms with Crippen LogP contribution in [0.3, 0.4) is 0 Å². The molecule has 98 valence electrons. The summed E-state index contributed by atoms with van der Waals surface area (Å²) in [6, 6.07) is 4.36. The first-order valence-electron chi connectivity index (χ1n) is 5.55. The number of ether oxygens (including phenoxy) is 1. The van der Waals surface area contributed by atoms with Gasteiger partial charge in [0.15, 0.2) is 11.6 Å². The van der Waals surface area contributed by atoms with Crippen LogP contribution in [0.15, 0.2) is 22.7 Å². The minimum Gasteiger partial charge on any atom is -0.494 e. The van der Waals surface area contributed by atoms with E-state index in [9.17, 15) is 4.39 Å². The van der Waals surface area contributed by atoms with Gasteiger partial charge in [0.1, 0.15) is 0 Å². The quantitative estimate of drug-likeness (QED) is 0.654. The van der Waals surface area contributed by atoms with Gasteiger partial charge in [0, 0.05) is 5.56 Å². The van der Waals surface area contributed by atoms with Gasteiger partial charge in [-0.05, 0) is 18.2 Å². The van der Waals surface area contributed by atoms with E-state index in [1.165, 1.54) is 19.2 Å². The molecule has 0 aliphatic carbocycles. The lowest BCUT2D eigenvalue weighted by atomic mass is 10.2. The van der Waals surface area contributed by atoms with Gasteiger partial charge in [-0.1, -0.05) is 11.1 Å². The zero-order valence-corrected chi connectivity index (χ0v) is 10.3. The van der Waals surface area contributed by atoms with Crippen molar-refractivity contribution in [1.29, 1.82) is 0 Å². The number of nitrogens with one attached hydrogen (secondary N) is 1. The number of terminal acetylenes is 1. The van der Waals surface area contributed by atoms with Crippen molar-refractivity contribution in [1.82, 2.24) is 15.5 Å². The molecule has 0 radical (unpaired) electrons. The lowest BCUT2D eigenvalue weighted by molar-refractivity contribution is 0.370. The van der Waals surface area contributed by atoms with Crippen LogP contribution in [0.4, 0.5) is 4.39 Å². The monoisotopic (exact) mass is 261 g/mol. The summed E-state index contributed by atoms with van der Waals surface area (Å²) in [5, 5.41) is 6.75. The van der Waals surface area contributed by atoms with Gasteiger partial charge in [0.25, 0.3) is 0 Å². The molecule has 19 heavy (non-hydrogen) atoms. The molecular formula is C13H12FN3O2. The molecule has 0 bridgehead atoms. The van der Waals surface area contributed by atoms with Crippen molar-refractivity contribution >= 4 is 0 Å². The average molecular weight is 261 g/mol. The Labute approximate surface area is 109 Å². The third-order valence-corrected chi connectivity index (χ3v) is 2.38. The zero-order chi connectivity index (χ0) is 13.7. The van der Waals surface area contributed by atoms with Crippen LogP contribution in [0.1, 0.15) is 5.89 Å². The van der Waals surface area contributed by atoms with Crippen LogP contribution in [0, 0.1) is 18.2 Å². The summed E-state index contributed by atoms with van der Waals surface area (Å²) in [6.07, 6.45) is 5.11. The maximum absolute atomic E-state index is 13.3. The predicted molar refractivity (Wildman–Crippen MR) is 66.8 cm³/mol. The van der Waals surface area contributed by atoms with Gasteiger partial charge in [-0.25, -0.2) is 4.39 Å². The van der Waals surface area contributed by atoms with Crippen molar-refractivity contribution in [2.75, 3.05) is 13.7 Å². The SMILES string of the molecule is C#CCNCc1nc(-c2ccc(F)c(OC)c2)no1. The van der Waals surface area contributed by atoms with Crippen molar-refractivity contribution in [2.24, 2.45) is 0 Å². The van der Waals surface area contributed by atoms with Crippen LogP contribution in [0.2, 0.25) is 0 Å². The van der Waals surface area contributed by atoms with Crippen LogP contribution >= 0.6 is 0 Å². The topological polar surface area (TPSA) is 60.2 Å². The predicted octanol–water partition coefficient (Wildman–Crippen LogP) is 1.61. The average Bonchev–Trinajstić information content (AvgIpc) is 2.88. The highest BCUT2D eigenvalue weighted by atomic mass is 19.1. The summed E-state index contributed by atoms with van der Waals surface area (Å²) < 4.78 is 23.2. The summed E-state index contributed by atoms with van der Waals surface area (Å²) in [5.74, 6) is 2.91. The molecule has 1 heterocycles. The van der Waals surface area contributed by atoms with Gasteiger partial charge in [-0.3, -0.25) is 5.32 Å². The van der Waals surface area contributed by atoms with E-state index in [0.29, 0.717) is 30.4 Å². The fourth-order valence-corrected chi connectivity index (χ4v) is 1.48. The number of nitrogens with zero attached hydrogens (tertiary/aromatic N) is 2. The Morgan fingerprint density at radius 2 is 2.37 bits per heavy atom. The summed E-state index contributed by atoms with van der Waals surface area (Å²) in [6.45, 7) is 0.803. The Hall–Kier alpha value is -2.39. The summed E-state index contributed by atoms with van der Waals surface area (Å²) in [5.41, 5.74) is 0.616. The van der Waals surface area contributed by atoms with E-state index in [0.717, 1.165) is 0 Å². The lowest BCUT2D eigenvalue weighted by Crippen LogP contribution is -2.13. The Morgan fingerprint density at radius 1 is 1.53 bits per heavy atom. The molecule has 0 atom stereocenters. The van der Waals surface area contributed by atoms with E-state index in [-0.39, 0.29) is 5.75 Å². The van der Waals surface area contributed by atoms with E-state index in [4.69, 9.17) is 15.7 Å². The molecule has 2 aromatic rings. The van der Waals surface area contributed by atoms with Gasteiger partial charge >= 0.3 is 0 Å². The molecule has 6 heteroatoms. The molecule has 0 aliphatic rings. The van der Waals surface area contributed by atoms with Crippen molar-refractivity contribution in [3.63, 3.8) is 0 Å². The second-order valence-electron chi connectivity index (χ2n) is 3.67. The molecule has 2 rings (SSSR count). The van der Waals surface area contributed by atoms with Gasteiger partial charge in [-0.15, -0.1) is 6.42 Å². The van der Waals surface area contributed by atoms with E-state index in [1.807, 2.05) is 0 Å². The highest BCUT2D eigenvalue weighted by Crippen LogP contribution is 2.24. The van der Waals surface area contributed by atoms with Crippen LogP contribution < -0.4 is 10.1 Å². The Morgan fingerprint density at radius 3 is 3.11 bits per heavy atom. The molecule has 0 saturated heterocycles. The Kier molecular flexibility index (Phi) is 4.11.